The minimum Gasteiger partial charge on any atom is -0.395 e. The van der Waals surface area contributed by atoms with Crippen LogP contribution in [0.1, 0.15) is 25.2 Å². The minimum atomic E-state index is -0.0357. The van der Waals surface area contributed by atoms with Crippen molar-refractivity contribution in [1.82, 2.24) is 14.3 Å². The van der Waals surface area contributed by atoms with Crippen molar-refractivity contribution in [3.8, 4) is 0 Å². The van der Waals surface area contributed by atoms with Crippen molar-refractivity contribution in [2.45, 2.75) is 33.4 Å². The van der Waals surface area contributed by atoms with Gasteiger partial charge in [-0.25, -0.2) is 4.98 Å². The van der Waals surface area contributed by atoms with Crippen molar-refractivity contribution in [3.63, 3.8) is 0 Å². The molecule has 0 saturated carbocycles. The first-order chi connectivity index (χ1) is 9.02. The van der Waals surface area contributed by atoms with Gasteiger partial charge in [-0.15, -0.1) is 11.3 Å². The summed E-state index contributed by atoms with van der Waals surface area (Å²) in [6.45, 7) is 7.31. The van der Waals surface area contributed by atoms with Gasteiger partial charge in [-0.2, -0.15) is 0 Å². The number of fused-ring (bicyclic) bond motifs is 1. The van der Waals surface area contributed by atoms with Crippen molar-refractivity contribution >= 4 is 16.3 Å². The molecule has 0 amide bonds. The Morgan fingerprint density at radius 3 is 2.89 bits per heavy atom. The Kier molecular flexibility index (Phi) is 4.34. The summed E-state index contributed by atoms with van der Waals surface area (Å²) in [5.74, 6) is 0. The fourth-order valence-corrected chi connectivity index (χ4v) is 2.93. The Hall–Kier alpha value is -1.24. The van der Waals surface area contributed by atoms with Crippen LogP contribution >= 0.6 is 11.3 Å². The van der Waals surface area contributed by atoms with Crippen molar-refractivity contribution in [3.05, 3.63) is 33.2 Å². The zero-order chi connectivity index (χ0) is 14.0. The van der Waals surface area contributed by atoms with Crippen molar-refractivity contribution < 1.29 is 5.11 Å². The molecule has 6 heteroatoms. The molecule has 0 fully saturated rings. The van der Waals surface area contributed by atoms with E-state index in [2.05, 4.69) is 23.7 Å². The van der Waals surface area contributed by atoms with E-state index in [4.69, 9.17) is 5.11 Å². The number of nitrogens with zero attached hydrogens (tertiary/aromatic N) is 3. The summed E-state index contributed by atoms with van der Waals surface area (Å²) in [4.78, 5) is 19.4. The summed E-state index contributed by atoms with van der Waals surface area (Å²) >= 11 is 1.48. The zero-order valence-corrected chi connectivity index (χ0v) is 12.3. The molecular formula is C13H19N3O2S. The number of aliphatic hydroxyl groups excluding tert-OH is 1. The van der Waals surface area contributed by atoms with Crippen LogP contribution in [0.3, 0.4) is 0 Å². The molecule has 0 spiro atoms. The third-order valence-electron chi connectivity index (χ3n) is 3.11. The average Bonchev–Trinajstić information content (AvgIpc) is 2.70. The van der Waals surface area contributed by atoms with Gasteiger partial charge in [0, 0.05) is 36.3 Å². The average molecular weight is 281 g/mol. The summed E-state index contributed by atoms with van der Waals surface area (Å²) in [6, 6.07) is 1.89. The first-order valence-electron chi connectivity index (χ1n) is 6.34. The maximum Gasteiger partial charge on any atom is 0.259 e. The van der Waals surface area contributed by atoms with E-state index in [9.17, 15) is 4.79 Å². The highest BCUT2D eigenvalue weighted by molar-refractivity contribution is 7.15. The maximum atomic E-state index is 12.1. The van der Waals surface area contributed by atoms with Gasteiger partial charge in [-0.05, 0) is 20.8 Å². The smallest absolute Gasteiger partial charge is 0.259 e. The second kappa shape index (κ2) is 5.81. The fourth-order valence-electron chi connectivity index (χ4n) is 2.04. The van der Waals surface area contributed by atoms with Crippen molar-refractivity contribution in [2.75, 3.05) is 13.2 Å². The lowest BCUT2D eigenvalue weighted by Crippen LogP contribution is -2.33. The number of aryl methyl sites for hydroxylation is 1. The lowest BCUT2D eigenvalue weighted by atomic mass is 10.3. The summed E-state index contributed by atoms with van der Waals surface area (Å²) in [7, 11) is 0. The molecule has 0 aliphatic heterocycles. The molecule has 0 saturated heterocycles. The summed E-state index contributed by atoms with van der Waals surface area (Å²) in [6.07, 6.45) is 0. The van der Waals surface area contributed by atoms with Gasteiger partial charge in [0.2, 0.25) is 0 Å². The van der Waals surface area contributed by atoms with Gasteiger partial charge in [-0.1, -0.05) is 0 Å². The molecule has 0 radical (unpaired) electrons. The van der Waals surface area contributed by atoms with Gasteiger partial charge in [0.15, 0.2) is 4.96 Å². The monoisotopic (exact) mass is 281 g/mol. The third kappa shape index (κ3) is 3.02. The van der Waals surface area contributed by atoms with E-state index in [1.54, 1.807) is 10.5 Å². The molecule has 0 aromatic carbocycles. The molecule has 0 atom stereocenters. The molecule has 0 bridgehead atoms. The van der Waals surface area contributed by atoms with E-state index < -0.39 is 0 Å². The molecular weight excluding hydrogens is 262 g/mol. The zero-order valence-electron chi connectivity index (χ0n) is 11.5. The van der Waals surface area contributed by atoms with E-state index >= 15 is 0 Å². The molecule has 104 valence electrons. The standard InChI is InChI=1S/C13H19N3O2S/c1-9(2)15(4-5-17)7-11-6-12(18)16-10(3)8-19-13(16)14-11/h6,8-9,17H,4-5,7H2,1-3H3. The van der Waals surface area contributed by atoms with Crippen molar-refractivity contribution in [1.29, 1.82) is 0 Å². The fraction of sp³-hybridized carbons (Fsp3) is 0.538. The van der Waals surface area contributed by atoms with Gasteiger partial charge in [0.1, 0.15) is 0 Å². The Labute approximate surface area is 116 Å². The Morgan fingerprint density at radius 2 is 2.26 bits per heavy atom. The van der Waals surface area contributed by atoms with Crippen LogP contribution in [-0.4, -0.2) is 38.6 Å². The molecule has 2 aromatic heterocycles. The normalized spacial score (nSPS) is 11.9. The summed E-state index contributed by atoms with van der Waals surface area (Å²) < 4.78 is 1.62. The summed E-state index contributed by atoms with van der Waals surface area (Å²) in [5, 5.41) is 11.0. The second-order valence-electron chi connectivity index (χ2n) is 4.87. The molecule has 2 rings (SSSR count). The van der Waals surface area contributed by atoms with E-state index in [0.29, 0.717) is 19.1 Å². The molecule has 1 N–H and O–H groups in total. The molecule has 0 unspecified atom stereocenters. The number of hydrogen-bond donors (Lipinski definition) is 1. The van der Waals surface area contributed by atoms with E-state index in [0.717, 1.165) is 16.3 Å². The van der Waals surface area contributed by atoms with Gasteiger partial charge >= 0.3 is 0 Å². The third-order valence-corrected chi connectivity index (χ3v) is 4.05. The molecule has 0 aliphatic rings. The van der Waals surface area contributed by atoms with Crippen molar-refractivity contribution in [2.24, 2.45) is 0 Å². The lowest BCUT2D eigenvalue weighted by Gasteiger charge is -2.24. The first kappa shape index (κ1) is 14.2. The van der Waals surface area contributed by atoms with Crippen LogP contribution < -0.4 is 5.56 Å². The van der Waals surface area contributed by atoms with Gasteiger partial charge in [-0.3, -0.25) is 14.1 Å². The predicted molar refractivity (Wildman–Crippen MR) is 76.7 cm³/mol. The number of rotatable bonds is 5. The topological polar surface area (TPSA) is 57.8 Å². The number of aliphatic hydroxyl groups is 1. The van der Waals surface area contributed by atoms with Crippen LogP contribution in [0.5, 0.6) is 0 Å². The van der Waals surface area contributed by atoms with E-state index in [-0.39, 0.29) is 12.2 Å². The maximum absolute atomic E-state index is 12.1. The highest BCUT2D eigenvalue weighted by Crippen LogP contribution is 2.13. The highest BCUT2D eigenvalue weighted by atomic mass is 32.1. The Bertz CT molecular complexity index is 618. The Balaban J connectivity index is 2.33. The molecule has 19 heavy (non-hydrogen) atoms. The quantitative estimate of drug-likeness (QED) is 0.896. The van der Waals surface area contributed by atoms with Crippen LogP contribution in [-0.2, 0) is 6.54 Å². The Morgan fingerprint density at radius 1 is 1.53 bits per heavy atom. The van der Waals surface area contributed by atoms with E-state index in [1.807, 2.05) is 12.3 Å². The number of hydrogen-bond acceptors (Lipinski definition) is 5. The molecule has 0 aliphatic carbocycles. The largest absolute Gasteiger partial charge is 0.395 e. The predicted octanol–water partition coefficient (Wildman–Crippen LogP) is 1.27. The number of aromatic nitrogens is 2. The van der Waals surface area contributed by atoms with Gasteiger partial charge in [0.25, 0.3) is 5.56 Å². The molecule has 2 heterocycles. The first-order valence-corrected chi connectivity index (χ1v) is 7.22. The SMILES string of the molecule is Cc1csc2nc(CN(CCO)C(C)C)cc(=O)n12. The summed E-state index contributed by atoms with van der Waals surface area (Å²) in [5.41, 5.74) is 1.64. The van der Waals surface area contributed by atoms with Gasteiger partial charge < -0.3 is 5.11 Å². The van der Waals surface area contributed by atoms with Gasteiger partial charge in [0.05, 0.1) is 12.3 Å². The second-order valence-corrected chi connectivity index (χ2v) is 5.71. The van der Waals surface area contributed by atoms with Crippen LogP contribution in [0, 0.1) is 6.92 Å². The van der Waals surface area contributed by atoms with Crippen LogP contribution in [0.4, 0.5) is 0 Å². The van der Waals surface area contributed by atoms with Crippen LogP contribution in [0.25, 0.3) is 4.96 Å². The molecule has 5 nitrogen and oxygen atoms in total. The van der Waals surface area contributed by atoms with E-state index in [1.165, 1.54) is 11.3 Å². The number of thiazole rings is 1. The minimum absolute atomic E-state index is 0.0357. The van der Waals surface area contributed by atoms with Crippen LogP contribution in [0.15, 0.2) is 16.2 Å². The van der Waals surface area contributed by atoms with Crippen LogP contribution in [0.2, 0.25) is 0 Å². The molecule has 2 aromatic rings. The highest BCUT2D eigenvalue weighted by Gasteiger charge is 2.12. The lowest BCUT2D eigenvalue weighted by molar-refractivity contribution is 0.158.